The van der Waals surface area contributed by atoms with Crippen LogP contribution in [0.2, 0.25) is 0 Å². The number of hydrogen-bond acceptors (Lipinski definition) is 4. The number of rotatable bonds is 5. The SMILES string of the molecule is CCC(SCc1cncs1)C(=O)O. The largest absolute Gasteiger partial charge is 0.480 e. The minimum Gasteiger partial charge on any atom is -0.480 e. The van der Waals surface area contributed by atoms with Crippen LogP contribution in [0.3, 0.4) is 0 Å². The second-order valence-corrected chi connectivity index (χ2v) is 4.68. The zero-order chi connectivity index (χ0) is 9.68. The van der Waals surface area contributed by atoms with E-state index in [2.05, 4.69) is 4.98 Å². The monoisotopic (exact) mass is 217 g/mol. The van der Waals surface area contributed by atoms with E-state index in [1.54, 1.807) is 23.0 Å². The van der Waals surface area contributed by atoms with Gasteiger partial charge in [-0.25, -0.2) is 0 Å². The van der Waals surface area contributed by atoms with Crippen molar-refractivity contribution in [2.24, 2.45) is 0 Å². The first-order valence-corrected chi connectivity index (χ1v) is 5.88. The molecule has 3 nitrogen and oxygen atoms in total. The fourth-order valence-corrected chi connectivity index (χ4v) is 2.53. The van der Waals surface area contributed by atoms with Crippen LogP contribution in [-0.4, -0.2) is 21.3 Å². The van der Waals surface area contributed by atoms with Gasteiger partial charge in [0.05, 0.1) is 5.51 Å². The molecule has 1 rings (SSSR count). The van der Waals surface area contributed by atoms with Crippen LogP contribution in [0.4, 0.5) is 0 Å². The molecular weight excluding hydrogens is 206 g/mol. The van der Waals surface area contributed by atoms with Gasteiger partial charge in [-0.15, -0.1) is 23.1 Å². The van der Waals surface area contributed by atoms with E-state index in [0.717, 1.165) is 10.6 Å². The Morgan fingerprint density at radius 3 is 3.08 bits per heavy atom. The van der Waals surface area contributed by atoms with E-state index in [1.165, 1.54) is 11.8 Å². The first-order valence-electron chi connectivity index (χ1n) is 3.95. The molecule has 0 aromatic carbocycles. The van der Waals surface area contributed by atoms with Gasteiger partial charge >= 0.3 is 5.97 Å². The van der Waals surface area contributed by atoms with Crippen LogP contribution in [0.5, 0.6) is 0 Å². The molecule has 1 aromatic rings. The fourth-order valence-electron chi connectivity index (χ4n) is 0.860. The van der Waals surface area contributed by atoms with Crippen LogP contribution in [0, 0.1) is 0 Å². The third-order valence-electron chi connectivity index (χ3n) is 1.56. The summed E-state index contributed by atoms with van der Waals surface area (Å²) in [6, 6.07) is 0. The lowest BCUT2D eigenvalue weighted by Gasteiger charge is -2.07. The molecule has 72 valence electrons. The van der Waals surface area contributed by atoms with Gasteiger partial charge < -0.3 is 5.11 Å². The Balaban J connectivity index is 2.36. The van der Waals surface area contributed by atoms with Crippen molar-refractivity contribution in [3.8, 4) is 0 Å². The molecule has 1 N–H and O–H groups in total. The normalized spacial score (nSPS) is 12.7. The highest BCUT2D eigenvalue weighted by molar-refractivity contribution is 7.99. The van der Waals surface area contributed by atoms with Crippen LogP contribution in [0.25, 0.3) is 0 Å². The Labute approximate surface area is 85.2 Å². The number of nitrogens with zero attached hydrogens (tertiary/aromatic N) is 1. The van der Waals surface area contributed by atoms with E-state index in [1.807, 2.05) is 6.92 Å². The predicted molar refractivity (Wildman–Crippen MR) is 55.1 cm³/mol. The zero-order valence-corrected chi connectivity index (χ0v) is 8.90. The molecule has 1 heterocycles. The maximum absolute atomic E-state index is 10.7. The quantitative estimate of drug-likeness (QED) is 0.821. The highest BCUT2D eigenvalue weighted by Gasteiger charge is 2.15. The highest BCUT2D eigenvalue weighted by Crippen LogP contribution is 2.22. The van der Waals surface area contributed by atoms with Crippen LogP contribution >= 0.6 is 23.1 Å². The van der Waals surface area contributed by atoms with Gasteiger partial charge in [0.2, 0.25) is 0 Å². The number of aliphatic carboxylic acids is 1. The molecular formula is C8H11NO2S2. The summed E-state index contributed by atoms with van der Waals surface area (Å²) in [5.74, 6) is 0.0205. The molecule has 0 aliphatic carbocycles. The number of aromatic nitrogens is 1. The van der Waals surface area contributed by atoms with Crippen molar-refractivity contribution in [2.75, 3.05) is 0 Å². The summed E-state index contributed by atoms with van der Waals surface area (Å²) < 4.78 is 0. The second kappa shape index (κ2) is 5.24. The molecule has 0 spiro atoms. The molecule has 0 saturated carbocycles. The smallest absolute Gasteiger partial charge is 0.316 e. The third kappa shape index (κ3) is 3.36. The lowest BCUT2D eigenvalue weighted by molar-refractivity contribution is -0.136. The first-order chi connectivity index (χ1) is 6.24. The molecule has 0 fully saturated rings. The second-order valence-electron chi connectivity index (χ2n) is 2.51. The van der Waals surface area contributed by atoms with Gasteiger partial charge in [-0.05, 0) is 6.42 Å². The Morgan fingerprint density at radius 2 is 2.62 bits per heavy atom. The predicted octanol–water partition coefficient (Wildman–Crippen LogP) is 2.24. The number of hydrogen-bond donors (Lipinski definition) is 1. The van der Waals surface area contributed by atoms with Crippen LogP contribution in [-0.2, 0) is 10.5 Å². The number of carboxylic acid groups (broad SMARTS) is 1. The van der Waals surface area contributed by atoms with E-state index in [9.17, 15) is 4.79 Å². The van der Waals surface area contributed by atoms with Gasteiger partial charge in [0, 0.05) is 16.8 Å². The van der Waals surface area contributed by atoms with Crippen LogP contribution in [0.15, 0.2) is 11.7 Å². The molecule has 5 heteroatoms. The first kappa shape index (κ1) is 10.5. The summed E-state index contributed by atoms with van der Waals surface area (Å²) in [5.41, 5.74) is 1.76. The minimum atomic E-state index is -0.725. The number of thioether (sulfide) groups is 1. The Kier molecular flexibility index (Phi) is 4.24. The molecule has 0 bridgehead atoms. The van der Waals surface area contributed by atoms with Crippen molar-refractivity contribution >= 4 is 29.1 Å². The maximum atomic E-state index is 10.7. The number of carboxylic acids is 1. The van der Waals surface area contributed by atoms with E-state index in [-0.39, 0.29) is 5.25 Å². The highest BCUT2D eigenvalue weighted by atomic mass is 32.2. The average Bonchev–Trinajstić information content (AvgIpc) is 2.57. The van der Waals surface area contributed by atoms with Crippen molar-refractivity contribution in [3.05, 3.63) is 16.6 Å². The van der Waals surface area contributed by atoms with E-state index in [4.69, 9.17) is 5.11 Å². The van der Waals surface area contributed by atoms with Gasteiger partial charge in [-0.1, -0.05) is 6.92 Å². The van der Waals surface area contributed by atoms with Crippen molar-refractivity contribution in [2.45, 2.75) is 24.3 Å². The van der Waals surface area contributed by atoms with Crippen molar-refractivity contribution < 1.29 is 9.90 Å². The van der Waals surface area contributed by atoms with Crippen LogP contribution in [0.1, 0.15) is 18.2 Å². The van der Waals surface area contributed by atoms with Gasteiger partial charge in [-0.2, -0.15) is 0 Å². The van der Waals surface area contributed by atoms with E-state index < -0.39 is 5.97 Å². The lowest BCUT2D eigenvalue weighted by atomic mass is 10.3. The van der Waals surface area contributed by atoms with E-state index in [0.29, 0.717) is 6.42 Å². The average molecular weight is 217 g/mol. The molecule has 1 unspecified atom stereocenters. The molecule has 0 aliphatic rings. The molecule has 0 aliphatic heterocycles. The van der Waals surface area contributed by atoms with Crippen molar-refractivity contribution in [1.82, 2.24) is 4.98 Å². The van der Waals surface area contributed by atoms with Gasteiger partial charge in [-0.3, -0.25) is 9.78 Å². The van der Waals surface area contributed by atoms with Crippen molar-refractivity contribution in [3.63, 3.8) is 0 Å². The van der Waals surface area contributed by atoms with E-state index >= 15 is 0 Å². The Bertz CT molecular complexity index is 261. The molecule has 1 aromatic heterocycles. The summed E-state index contributed by atoms with van der Waals surface area (Å²) in [7, 11) is 0. The minimum absolute atomic E-state index is 0.290. The summed E-state index contributed by atoms with van der Waals surface area (Å²) >= 11 is 3.02. The Morgan fingerprint density at radius 1 is 1.85 bits per heavy atom. The summed E-state index contributed by atoms with van der Waals surface area (Å²) in [6.45, 7) is 1.89. The summed E-state index contributed by atoms with van der Waals surface area (Å²) in [4.78, 5) is 15.7. The summed E-state index contributed by atoms with van der Waals surface area (Å²) in [5, 5.41) is 8.48. The summed E-state index contributed by atoms with van der Waals surface area (Å²) in [6.07, 6.45) is 2.45. The third-order valence-corrected chi connectivity index (χ3v) is 3.93. The molecule has 1 atom stereocenters. The standard InChI is InChI=1S/C8H11NO2S2/c1-2-7(8(10)11)12-4-6-3-9-5-13-6/h3,5,7H,2,4H2,1H3,(H,10,11). The fraction of sp³-hybridized carbons (Fsp3) is 0.500. The topological polar surface area (TPSA) is 50.2 Å². The molecule has 13 heavy (non-hydrogen) atoms. The lowest BCUT2D eigenvalue weighted by Crippen LogP contribution is -2.14. The number of carbonyl (C=O) groups is 1. The van der Waals surface area contributed by atoms with Crippen molar-refractivity contribution in [1.29, 1.82) is 0 Å². The molecule has 0 saturated heterocycles. The maximum Gasteiger partial charge on any atom is 0.316 e. The molecule has 0 radical (unpaired) electrons. The van der Waals surface area contributed by atoms with Gasteiger partial charge in [0.15, 0.2) is 0 Å². The van der Waals surface area contributed by atoms with Gasteiger partial charge in [0.1, 0.15) is 5.25 Å². The Hall–Kier alpha value is -0.550. The molecule has 0 amide bonds. The van der Waals surface area contributed by atoms with Crippen LogP contribution < -0.4 is 0 Å². The zero-order valence-electron chi connectivity index (χ0n) is 7.27. The number of thiazole rings is 1. The van der Waals surface area contributed by atoms with Gasteiger partial charge in [0.25, 0.3) is 0 Å².